The lowest BCUT2D eigenvalue weighted by molar-refractivity contribution is -0.399. The molecule has 1 unspecified atom stereocenters. The maximum absolute atomic E-state index is 13.3. The molecule has 0 aliphatic carbocycles. The first-order valence-electron chi connectivity index (χ1n) is 43.4. The van der Waals surface area contributed by atoms with Crippen LogP contribution in [0.3, 0.4) is 0 Å². The van der Waals surface area contributed by atoms with E-state index in [1.807, 2.05) is 0 Å². The van der Waals surface area contributed by atoms with Gasteiger partial charge in [-0.25, -0.2) is 9.59 Å². The van der Waals surface area contributed by atoms with Gasteiger partial charge in [0.2, 0.25) is 29.5 Å². The molecule has 796 valence electrons. The van der Waals surface area contributed by atoms with E-state index in [4.69, 9.17) is 90.0 Å². The third kappa shape index (κ3) is 25.0. The standard InChI is InChI=1S/C76H125N5O57/c1-18(91)77-35-23(96)6-75(73(116)117,135-59(35)40(100)25(98)8-82)137-62-43(103)28(11-85)122-70(53(62)113)131-56-31(14-88)125-66(38(47(56)107)80-21(4)94)129-58-33(16-90)127-68(51(111)50(58)110)120-17-34-45(105)61(52(112)69(128-34)130-55-30(13-87)121-65(115)37(46(55)106)79-20(3)93)133-72-64(49(109)42(102)27(10-84)124-72)134-67-39(81-22(5)95)48(108)57(32(15-89)126-67)132-71-54(114)63(44(104)29(12-86)123-71)138-76(74(118)119)7-24(97)36(78-19(2)92)60(136-76)41(101)26(99)9-83/h23-72,82-90,96-115H,6-17H2,1-5H3,(H,77,91)(H,78,92)(H,79,93)(H,80,94)(H,81,95)(H,116,117)(H,118,119)/t23-,24-,25+,26+,27+,28+,29+,30+,31+,32+,33+,34+,35+,36+,37+,38+,39+,40+,41+,42+,43-,44-,45+,46+,47+,48+,49-,50+,51-,52-,53+,54+,55+,56+,57+,58+,59+,60+,61-,62-,63-,64-,65?,66-,67-,68-,69-,70-,71-,72+,75-,76-/m0/s1. The van der Waals surface area contributed by atoms with Crippen molar-refractivity contribution >= 4 is 41.5 Å². The predicted molar refractivity (Wildman–Crippen MR) is 422 cm³/mol. The van der Waals surface area contributed by atoms with E-state index in [-0.39, 0.29) is 0 Å². The highest BCUT2D eigenvalue weighted by molar-refractivity contribution is 5.78. The molecule has 10 fully saturated rings. The van der Waals surface area contributed by atoms with Crippen LogP contribution in [0.4, 0.5) is 0 Å². The Balaban J connectivity index is 0.889. The first-order valence-corrected chi connectivity index (χ1v) is 43.4. The highest BCUT2D eigenvalue weighted by atomic mass is 16.8. The summed E-state index contributed by atoms with van der Waals surface area (Å²) in [6.07, 6.45) is -104. The fourth-order valence-electron chi connectivity index (χ4n) is 17.8. The van der Waals surface area contributed by atoms with Crippen LogP contribution in [0.1, 0.15) is 47.5 Å². The van der Waals surface area contributed by atoms with Crippen LogP contribution in [-0.4, -0.2) is 584 Å². The van der Waals surface area contributed by atoms with Gasteiger partial charge in [0, 0.05) is 47.5 Å². The van der Waals surface area contributed by atoms with Crippen LogP contribution in [-0.2, 0) is 124 Å². The number of nitrogens with one attached hydrogen (secondary N) is 5. The molecule has 62 heteroatoms. The first-order chi connectivity index (χ1) is 65.0. The largest absolute Gasteiger partial charge is 0.477 e. The zero-order chi connectivity index (χ0) is 102. The van der Waals surface area contributed by atoms with Gasteiger partial charge in [0.25, 0.3) is 11.6 Å². The van der Waals surface area contributed by atoms with Gasteiger partial charge in [0.1, 0.15) is 232 Å². The maximum Gasteiger partial charge on any atom is 0.364 e. The predicted octanol–water partition coefficient (Wildman–Crippen LogP) is -23.7. The topological polar surface area (TPSA) is 982 Å². The molecule has 10 saturated heterocycles. The molecule has 0 aromatic rings. The molecule has 10 rings (SSSR count). The van der Waals surface area contributed by atoms with E-state index in [0.29, 0.717) is 0 Å². The number of aliphatic hydroxyl groups excluding tert-OH is 29. The number of carboxylic acid groups (broad SMARTS) is 2. The molecular weight excluding hydrogens is 1890 g/mol. The second-order valence-corrected chi connectivity index (χ2v) is 34.6. The van der Waals surface area contributed by atoms with Gasteiger partial charge < -0.3 is 275 Å². The minimum Gasteiger partial charge on any atom is -0.477 e. The highest BCUT2D eigenvalue weighted by Crippen LogP contribution is 2.44. The monoisotopic (exact) mass is 2020 g/mol. The molecular formula is C76H125N5O57. The fraction of sp³-hybridized carbons (Fsp3) is 0.908. The number of rotatable bonds is 39. The molecule has 0 bridgehead atoms. The molecule has 10 aliphatic heterocycles. The quantitative estimate of drug-likeness (QED) is 0.0272. The Kier molecular flexibility index (Phi) is 40.6. The van der Waals surface area contributed by atoms with Crippen molar-refractivity contribution in [2.75, 3.05) is 66.1 Å². The summed E-state index contributed by atoms with van der Waals surface area (Å²) in [6.45, 7) is -7.70. The number of hydrogen-bond donors (Lipinski definition) is 36. The molecule has 52 atom stereocenters. The molecule has 0 aromatic carbocycles. The van der Waals surface area contributed by atoms with E-state index >= 15 is 0 Å². The van der Waals surface area contributed by atoms with Crippen molar-refractivity contribution in [1.82, 2.24) is 26.6 Å². The summed E-state index contributed by atoms with van der Waals surface area (Å²) >= 11 is 0. The Bertz CT molecular complexity index is 3930. The minimum atomic E-state index is -3.32. The summed E-state index contributed by atoms with van der Waals surface area (Å²) in [6, 6.07) is -9.47. The van der Waals surface area contributed by atoms with Gasteiger partial charge in [-0.05, 0) is 0 Å². The van der Waals surface area contributed by atoms with Gasteiger partial charge in [-0.1, -0.05) is 0 Å². The minimum absolute atomic E-state index is 0.854. The molecule has 62 nitrogen and oxygen atoms in total. The lowest BCUT2D eigenvalue weighted by Crippen LogP contribution is -2.71. The molecule has 0 spiro atoms. The van der Waals surface area contributed by atoms with Crippen molar-refractivity contribution < 1.29 is 282 Å². The molecule has 5 amide bonds. The molecule has 10 heterocycles. The average Bonchev–Trinajstić information content (AvgIpc) is 0.751. The Morgan fingerprint density at radius 1 is 0.297 bits per heavy atom. The summed E-state index contributed by atoms with van der Waals surface area (Å²) < 4.78 is 111. The Morgan fingerprint density at radius 3 is 0.949 bits per heavy atom. The lowest BCUT2D eigenvalue weighted by atomic mass is 9.88. The van der Waals surface area contributed by atoms with Crippen molar-refractivity contribution in [3.05, 3.63) is 0 Å². The third-order valence-electron chi connectivity index (χ3n) is 24.8. The van der Waals surface area contributed by atoms with Crippen LogP contribution in [0, 0.1) is 0 Å². The van der Waals surface area contributed by atoms with Gasteiger partial charge in [-0.3, -0.25) is 24.0 Å². The van der Waals surface area contributed by atoms with Crippen molar-refractivity contribution in [2.24, 2.45) is 0 Å². The second-order valence-electron chi connectivity index (χ2n) is 34.6. The van der Waals surface area contributed by atoms with E-state index in [2.05, 4.69) is 26.6 Å². The zero-order valence-corrected chi connectivity index (χ0v) is 73.8. The second kappa shape index (κ2) is 49.0. The van der Waals surface area contributed by atoms with E-state index in [1.165, 1.54) is 0 Å². The highest BCUT2D eigenvalue weighted by Gasteiger charge is 2.66. The Labute approximate surface area is 779 Å². The van der Waals surface area contributed by atoms with Crippen LogP contribution < -0.4 is 26.6 Å². The Hall–Kier alpha value is -5.63. The summed E-state index contributed by atoms with van der Waals surface area (Å²) in [5.74, 6) is -15.7. The number of ether oxygens (including phenoxy) is 19. The number of aliphatic carboxylic acids is 2. The molecule has 10 aliphatic rings. The number of amides is 5. The maximum atomic E-state index is 13.3. The number of hydrogen-bond acceptors (Lipinski definition) is 55. The smallest absolute Gasteiger partial charge is 0.364 e. The van der Waals surface area contributed by atoms with Gasteiger partial charge in [0.15, 0.2) is 50.3 Å². The number of aliphatic hydroxyl groups is 29. The van der Waals surface area contributed by atoms with Gasteiger partial charge in [-0.15, -0.1) is 0 Å². The Morgan fingerprint density at radius 2 is 0.580 bits per heavy atom. The number of carbonyl (C=O) groups excluding carboxylic acids is 5. The molecule has 0 radical (unpaired) electrons. The van der Waals surface area contributed by atoms with Crippen LogP contribution in [0.15, 0.2) is 0 Å². The van der Waals surface area contributed by atoms with Crippen molar-refractivity contribution in [3.8, 4) is 0 Å². The lowest BCUT2D eigenvalue weighted by Gasteiger charge is -2.51. The van der Waals surface area contributed by atoms with Crippen molar-refractivity contribution in [1.29, 1.82) is 0 Å². The molecule has 0 aromatic heterocycles. The van der Waals surface area contributed by atoms with E-state index in [1.54, 1.807) is 0 Å². The number of carboxylic acids is 2. The summed E-state index contributed by atoms with van der Waals surface area (Å²) in [5, 5.41) is 359. The third-order valence-corrected chi connectivity index (χ3v) is 24.8. The molecule has 138 heavy (non-hydrogen) atoms. The van der Waals surface area contributed by atoms with Crippen LogP contribution in [0.25, 0.3) is 0 Å². The van der Waals surface area contributed by atoms with E-state index < -0.39 is 438 Å². The van der Waals surface area contributed by atoms with Gasteiger partial charge in [-0.2, -0.15) is 0 Å². The fourth-order valence-corrected chi connectivity index (χ4v) is 17.8. The first kappa shape index (κ1) is 114. The molecule has 36 N–H and O–H groups in total. The normalized spacial score (nSPS) is 46.2. The van der Waals surface area contributed by atoms with Crippen LogP contribution in [0.5, 0.6) is 0 Å². The zero-order valence-electron chi connectivity index (χ0n) is 73.8. The van der Waals surface area contributed by atoms with Gasteiger partial charge >= 0.3 is 11.9 Å². The van der Waals surface area contributed by atoms with Gasteiger partial charge in [0.05, 0.1) is 90.4 Å². The summed E-state index contributed by atoms with van der Waals surface area (Å²) in [5.41, 5.74) is 0. The molecule has 0 saturated carbocycles. The number of carbonyl (C=O) groups is 7. The van der Waals surface area contributed by atoms with Crippen molar-refractivity contribution in [3.63, 3.8) is 0 Å². The van der Waals surface area contributed by atoms with E-state index in [0.717, 1.165) is 34.6 Å². The SMILES string of the molecule is CC(=O)N[C@H]1[C@H](O[C@@H]2[C@@H](O[C@@H]3[C@H](O)[C@H](O[C@H]4[C@H](O)[C@@H](NC(C)=O)C(O)O[C@@H]4CO)O[C@H](CO[C@H]4O[C@H](CO)[C@@H](O[C@@H]5O[C@H](CO)[C@@H](O[C@@H]6O[C@H](CO)[C@H](O)[C@H](O[C@]7(C(=O)O)C[C@H](O)[C@@H](NC(C)=O)[C@H]([C@H](O)[C@H](O)CO)O7)[C@H]6O)[C@H](O)[C@H]5NC(C)=O)[C@H](O)[C@@H]4O)[C@H]3O)O[C@H](CO)[C@@H](O)[C@@H]2O)O[C@H](CO)[C@@H](O[C@@H]2O[C@H](CO)[C@H](O)[C@H](O[C@]3(C(=O)O)C[C@H](O)[C@@H](NC(C)=O)[C@H]([C@H](O)[C@H](O)CO)O3)[C@H]2O)[C@@H]1O. The van der Waals surface area contributed by atoms with Crippen LogP contribution in [0.2, 0.25) is 0 Å². The van der Waals surface area contributed by atoms with Crippen LogP contribution >= 0.6 is 0 Å². The summed E-state index contributed by atoms with van der Waals surface area (Å²) in [4.78, 5) is 89.5. The van der Waals surface area contributed by atoms with Crippen molar-refractivity contribution in [2.45, 2.75) is 365 Å². The van der Waals surface area contributed by atoms with E-state index in [9.17, 15) is 192 Å². The average molecular weight is 2020 g/mol. The summed E-state index contributed by atoms with van der Waals surface area (Å²) in [7, 11) is 0.